The second kappa shape index (κ2) is 9.45. The van der Waals surface area contributed by atoms with Gasteiger partial charge in [0.1, 0.15) is 0 Å². The van der Waals surface area contributed by atoms with Gasteiger partial charge in [-0.05, 0) is 38.3 Å². The van der Waals surface area contributed by atoms with Gasteiger partial charge in [0.15, 0.2) is 0 Å². The van der Waals surface area contributed by atoms with E-state index >= 15 is 0 Å². The summed E-state index contributed by atoms with van der Waals surface area (Å²) in [6.07, 6.45) is 3.18. The van der Waals surface area contributed by atoms with Crippen molar-refractivity contribution in [1.82, 2.24) is 25.6 Å². The number of piperidine rings is 1. The molecule has 0 spiro atoms. The Morgan fingerprint density at radius 1 is 1.10 bits per heavy atom. The Hall–Kier alpha value is -3.03. The van der Waals surface area contributed by atoms with E-state index in [0.29, 0.717) is 39.0 Å². The average molecular weight is 399 g/mol. The van der Waals surface area contributed by atoms with Crippen molar-refractivity contribution in [3.63, 3.8) is 0 Å². The lowest BCUT2D eigenvalue weighted by molar-refractivity contribution is -0.131. The summed E-state index contributed by atoms with van der Waals surface area (Å²) in [5.74, 6) is -0.673. The molecule has 0 atom stereocenters. The average Bonchev–Trinajstić information content (AvgIpc) is 3.15. The number of amides is 4. The fourth-order valence-corrected chi connectivity index (χ4v) is 3.76. The summed E-state index contributed by atoms with van der Waals surface area (Å²) >= 11 is 0. The van der Waals surface area contributed by atoms with E-state index in [2.05, 4.69) is 15.8 Å². The van der Waals surface area contributed by atoms with Gasteiger partial charge in [0.2, 0.25) is 11.8 Å². The molecule has 0 unspecified atom stereocenters. The Balaban J connectivity index is 1.44. The van der Waals surface area contributed by atoms with E-state index in [1.807, 2.05) is 44.3 Å². The summed E-state index contributed by atoms with van der Waals surface area (Å²) in [6, 6.07) is 7.80. The number of carbonyl (C=O) groups excluding carboxylic acids is 3. The number of H-pyrrole nitrogens is 1. The third kappa shape index (κ3) is 4.88. The molecule has 2 heterocycles. The molecule has 1 saturated heterocycles. The van der Waals surface area contributed by atoms with E-state index in [0.717, 1.165) is 16.5 Å². The number of carbonyl (C=O) groups is 3. The molecule has 2 aromatic rings. The number of urea groups is 1. The molecule has 1 fully saturated rings. The van der Waals surface area contributed by atoms with Crippen molar-refractivity contribution in [2.24, 2.45) is 5.92 Å². The molecule has 0 saturated carbocycles. The first-order valence-electron chi connectivity index (χ1n) is 10.2. The maximum Gasteiger partial charge on any atom is 0.319 e. The summed E-state index contributed by atoms with van der Waals surface area (Å²) in [5.41, 5.74) is 6.91. The molecular weight excluding hydrogens is 370 g/mol. The number of fused-ring (bicyclic) bond motifs is 1. The molecule has 1 aliphatic heterocycles. The second-order valence-corrected chi connectivity index (χ2v) is 7.29. The van der Waals surface area contributed by atoms with Crippen LogP contribution in [-0.2, 0) is 16.0 Å². The SMILES string of the molecule is CCN(CC)C(=O)N1CCC(C(=O)NNC(=O)Cc2c[nH]c3ccccc23)CC1. The molecule has 0 bridgehead atoms. The monoisotopic (exact) mass is 399 g/mol. The lowest BCUT2D eigenvalue weighted by Gasteiger charge is -2.34. The first-order chi connectivity index (χ1) is 14.0. The molecule has 0 radical (unpaired) electrons. The first kappa shape index (κ1) is 20.7. The standard InChI is InChI=1S/C21H29N5O3/c1-3-25(4-2)21(29)26-11-9-15(10-12-26)20(28)24-23-19(27)13-16-14-22-18-8-6-5-7-17(16)18/h5-8,14-15,22H,3-4,9-13H2,1-2H3,(H,23,27)(H,24,28). The largest absolute Gasteiger partial charge is 0.361 e. The lowest BCUT2D eigenvalue weighted by Crippen LogP contribution is -2.50. The summed E-state index contributed by atoms with van der Waals surface area (Å²) in [6.45, 7) is 6.38. The molecule has 3 rings (SSSR count). The minimum Gasteiger partial charge on any atom is -0.361 e. The number of nitrogens with zero attached hydrogens (tertiary/aromatic N) is 2. The van der Waals surface area contributed by atoms with E-state index in [4.69, 9.17) is 0 Å². The zero-order valence-electron chi connectivity index (χ0n) is 17.0. The Morgan fingerprint density at radius 3 is 2.48 bits per heavy atom. The van der Waals surface area contributed by atoms with Crippen LogP contribution >= 0.6 is 0 Å². The molecule has 29 heavy (non-hydrogen) atoms. The van der Waals surface area contributed by atoms with Crippen LogP contribution < -0.4 is 10.9 Å². The number of para-hydroxylation sites is 1. The maximum atomic E-state index is 12.4. The van der Waals surface area contributed by atoms with Gasteiger partial charge in [-0.3, -0.25) is 20.4 Å². The van der Waals surface area contributed by atoms with Gasteiger partial charge in [-0.2, -0.15) is 0 Å². The summed E-state index contributed by atoms with van der Waals surface area (Å²) in [4.78, 5) is 43.7. The molecule has 1 aliphatic rings. The summed E-state index contributed by atoms with van der Waals surface area (Å²) < 4.78 is 0. The second-order valence-electron chi connectivity index (χ2n) is 7.29. The van der Waals surface area contributed by atoms with Crippen molar-refractivity contribution in [3.05, 3.63) is 36.0 Å². The number of aromatic amines is 1. The number of hydrogen-bond donors (Lipinski definition) is 3. The van der Waals surface area contributed by atoms with Gasteiger partial charge in [-0.25, -0.2) is 4.79 Å². The number of hydrogen-bond acceptors (Lipinski definition) is 3. The summed E-state index contributed by atoms with van der Waals surface area (Å²) in [7, 11) is 0. The number of aromatic nitrogens is 1. The van der Waals surface area contributed by atoms with Crippen LogP contribution in [0.25, 0.3) is 10.9 Å². The highest BCUT2D eigenvalue weighted by Gasteiger charge is 2.29. The summed E-state index contributed by atoms with van der Waals surface area (Å²) in [5, 5.41) is 0.999. The fourth-order valence-electron chi connectivity index (χ4n) is 3.76. The minimum absolute atomic E-state index is 0.0286. The van der Waals surface area contributed by atoms with E-state index < -0.39 is 0 Å². The predicted molar refractivity (Wildman–Crippen MR) is 111 cm³/mol. The number of likely N-dealkylation sites (tertiary alicyclic amines) is 1. The van der Waals surface area contributed by atoms with Gasteiger partial charge < -0.3 is 14.8 Å². The molecule has 156 valence electrons. The molecule has 1 aromatic carbocycles. The van der Waals surface area contributed by atoms with Gasteiger partial charge in [0.05, 0.1) is 6.42 Å². The van der Waals surface area contributed by atoms with Gasteiger partial charge in [0.25, 0.3) is 0 Å². The zero-order valence-corrected chi connectivity index (χ0v) is 17.0. The van der Waals surface area contributed by atoms with Gasteiger partial charge in [-0.15, -0.1) is 0 Å². The molecular formula is C21H29N5O3. The Kier molecular flexibility index (Phi) is 6.74. The quantitative estimate of drug-likeness (QED) is 0.671. The highest BCUT2D eigenvalue weighted by molar-refractivity contribution is 5.90. The van der Waals surface area contributed by atoms with E-state index in [9.17, 15) is 14.4 Å². The Bertz CT molecular complexity index is 866. The van der Waals surface area contributed by atoms with Crippen LogP contribution in [0.5, 0.6) is 0 Å². The van der Waals surface area contributed by atoms with Crippen molar-refractivity contribution in [3.8, 4) is 0 Å². The molecule has 4 amide bonds. The van der Waals surface area contributed by atoms with Crippen LogP contribution in [0.2, 0.25) is 0 Å². The normalized spacial score (nSPS) is 14.6. The molecule has 0 aliphatic carbocycles. The van der Waals surface area contributed by atoms with Crippen molar-refractivity contribution >= 4 is 28.7 Å². The molecule has 1 aromatic heterocycles. The van der Waals surface area contributed by atoms with Crippen molar-refractivity contribution in [1.29, 1.82) is 0 Å². The Labute approximate surface area is 170 Å². The first-order valence-corrected chi connectivity index (χ1v) is 10.2. The van der Waals surface area contributed by atoms with Crippen molar-refractivity contribution < 1.29 is 14.4 Å². The number of rotatable bonds is 5. The van der Waals surface area contributed by atoms with Crippen LogP contribution in [0.1, 0.15) is 32.3 Å². The van der Waals surface area contributed by atoms with Crippen molar-refractivity contribution in [2.75, 3.05) is 26.2 Å². The van der Waals surface area contributed by atoms with Crippen molar-refractivity contribution in [2.45, 2.75) is 33.1 Å². The zero-order chi connectivity index (χ0) is 20.8. The van der Waals surface area contributed by atoms with Crippen LogP contribution in [0.3, 0.4) is 0 Å². The smallest absolute Gasteiger partial charge is 0.319 e. The highest BCUT2D eigenvalue weighted by Crippen LogP contribution is 2.19. The van der Waals surface area contributed by atoms with Crippen LogP contribution in [-0.4, -0.2) is 58.8 Å². The van der Waals surface area contributed by atoms with Crippen LogP contribution in [0.4, 0.5) is 4.79 Å². The third-order valence-corrected chi connectivity index (χ3v) is 5.52. The number of benzene rings is 1. The fraction of sp³-hybridized carbons (Fsp3) is 0.476. The van der Waals surface area contributed by atoms with Crippen LogP contribution in [0.15, 0.2) is 30.5 Å². The van der Waals surface area contributed by atoms with Gasteiger partial charge in [0, 0.05) is 49.2 Å². The Morgan fingerprint density at radius 2 is 1.79 bits per heavy atom. The third-order valence-electron chi connectivity index (χ3n) is 5.52. The molecule has 8 nitrogen and oxygen atoms in total. The lowest BCUT2D eigenvalue weighted by atomic mass is 9.96. The number of nitrogens with one attached hydrogen (secondary N) is 3. The van der Waals surface area contributed by atoms with Crippen LogP contribution in [0, 0.1) is 5.92 Å². The van der Waals surface area contributed by atoms with E-state index in [1.54, 1.807) is 9.80 Å². The topological polar surface area (TPSA) is 97.5 Å². The number of hydrazine groups is 1. The molecule has 3 N–H and O–H groups in total. The highest BCUT2D eigenvalue weighted by atomic mass is 16.2. The predicted octanol–water partition coefficient (Wildman–Crippen LogP) is 2.03. The van der Waals surface area contributed by atoms with Gasteiger partial charge >= 0.3 is 6.03 Å². The molecule has 8 heteroatoms. The maximum absolute atomic E-state index is 12.4. The minimum atomic E-state index is -0.266. The van der Waals surface area contributed by atoms with E-state index in [-0.39, 0.29) is 30.2 Å². The van der Waals surface area contributed by atoms with E-state index in [1.165, 1.54) is 0 Å². The van der Waals surface area contributed by atoms with Gasteiger partial charge in [-0.1, -0.05) is 18.2 Å².